The van der Waals surface area contributed by atoms with Crippen molar-refractivity contribution in [2.24, 2.45) is 0 Å². The number of benzene rings is 1. The van der Waals surface area contributed by atoms with Crippen molar-refractivity contribution in [3.63, 3.8) is 0 Å². The van der Waals surface area contributed by atoms with Gasteiger partial charge in [-0.25, -0.2) is 0 Å². The Labute approximate surface area is 201 Å². The summed E-state index contributed by atoms with van der Waals surface area (Å²) < 4.78 is 22.3. The van der Waals surface area contributed by atoms with E-state index in [4.69, 9.17) is 30.5 Å². The second-order valence-electron chi connectivity index (χ2n) is 8.15. The van der Waals surface area contributed by atoms with Crippen molar-refractivity contribution in [2.75, 3.05) is 32.2 Å². The molecule has 0 spiro atoms. The largest absolute Gasteiger partial charge is 0.497 e. The number of carbonyl (C=O) groups is 1. The summed E-state index contributed by atoms with van der Waals surface area (Å²) >= 11 is 6.36. The van der Waals surface area contributed by atoms with Crippen LogP contribution < -0.4 is 24.8 Å². The molecule has 0 radical (unpaired) electrons. The van der Waals surface area contributed by atoms with Gasteiger partial charge < -0.3 is 29.6 Å². The number of amides is 1. The van der Waals surface area contributed by atoms with Crippen LogP contribution in [0.3, 0.4) is 0 Å². The highest BCUT2D eigenvalue weighted by atomic mass is 35.5. The monoisotopic (exact) mass is 484 g/mol. The average Bonchev–Trinajstić information content (AvgIpc) is 2.89. The highest BCUT2D eigenvalue weighted by Crippen LogP contribution is 2.33. The van der Waals surface area contributed by atoms with Crippen LogP contribution in [-0.4, -0.2) is 55.0 Å². The molecule has 4 heterocycles. The Morgan fingerprint density at radius 2 is 2.00 bits per heavy atom. The summed E-state index contributed by atoms with van der Waals surface area (Å²) in [4.78, 5) is 21.7. The molecule has 34 heavy (non-hydrogen) atoms. The lowest BCUT2D eigenvalue weighted by Crippen LogP contribution is -2.43. The van der Waals surface area contributed by atoms with Crippen LogP contribution in [0.4, 0.5) is 5.69 Å². The Balaban J connectivity index is 1.17. The predicted molar refractivity (Wildman–Crippen MR) is 127 cm³/mol. The van der Waals surface area contributed by atoms with Gasteiger partial charge >= 0.3 is 0 Å². The Kier molecular flexibility index (Phi) is 6.66. The molecule has 10 heteroatoms. The minimum atomic E-state index is -0.560. The Bertz CT molecular complexity index is 1200. The first-order valence-corrected chi connectivity index (χ1v) is 11.5. The predicted octanol–water partition coefficient (Wildman–Crippen LogP) is 3.34. The van der Waals surface area contributed by atoms with Crippen LogP contribution in [0.15, 0.2) is 36.7 Å². The number of ether oxygens (including phenoxy) is 4. The molecule has 9 nitrogen and oxygen atoms in total. The Morgan fingerprint density at radius 3 is 2.79 bits per heavy atom. The summed E-state index contributed by atoms with van der Waals surface area (Å²) in [5.41, 5.74) is 2.07. The van der Waals surface area contributed by atoms with E-state index in [1.165, 1.54) is 6.20 Å². The number of fused-ring (bicyclic) bond motifs is 2. The van der Waals surface area contributed by atoms with E-state index in [2.05, 4.69) is 20.6 Å². The molecule has 5 rings (SSSR count). The molecule has 0 bridgehead atoms. The van der Waals surface area contributed by atoms with Crippen molar-refractivity contribution < 1.29 is 23.7 Å². The molecule has 0 saturated carbocycles. The molecule has 1 saturated heterocycles. The van der Waals surface area contributed by atoms with E-state index in [0.717, 1.165) is 17.9 Å². The number of pyridine rings is 2. The summed E-state index contributed by atoms with van der Waals surface area (Å²) in [6.45, 7) is 2.07. The smallest absolute Gasteiger partial charge is 0.253 e. The van der Waals surface area contributed by atoms with E-state index in [-0.39, 0.29) is 11.9 Å². The zero-order valence-electron chi connectivity index (χ0n) is 18.7. The fourth-order valence-electron chi connectivity index (χ4n) is 4.06. The average molecular weight is 485 g/mol. The summed E-state index contributed by atoms with van der Waals surface area (Å²) in [5.74, 6) is 1.81. The van der Waals surface area contributed by atoms with Crippen molar-refractivity contribution in [1.29, 1.82) is 0 Å². The molecule has 0 unspecified atom stereocenters. The van der Waals surface area contributed by atoms with Crippen LogP contribution in [0.1, 0.15) is 18.5 Å². The molecular weight excluding hydrogens is 460 g/mol. The van der Waals surface area contributed by atoms with Crippen molar-refractivity contribution in [3.05, 3.63) is 47.4 Å². The molecular formula is C24H25ClN4O5. The topological polar surface area (TPSA) is 104 Å². The number of methoxy groups -OCH3 is 1. The van der Waals surface area contributed by atoms with Crippen molar-refractivity contribution in [3.8, 4) is 17.2 Å². The van der Waals surface area contributed by atoms with Crippen LogP contribution in [0.2, 0.25) is 5.02 Å². The van der Waals surface area contributed by atoms with Crippen LogP contribution in [0.25, 0.3) is 10.9 Å². The van der Waals surface area contributed by atoms with Crippen LogP contribution in [0, 0.1) is 0 Å². The lowest BCUT2D eigenvalue weighted by molar-refractivity contribution is -0.131. The molecule has 1 amide bonds. The maximum atomic E-state index is 12.9. The third kappa shape index (κ3) is 4.86. The minimum absolute atomic E-state index is 0.119. The number of nitrogens with one attached hydrogen (secondary N) is 2. The van der Waals surface area contributed by atoms with Gasteiger partial charge in [0.15, 0.2) is 11.5 Å². The van der Waals surface area contributed by atoms with Gasteiger partial charge in [0.2, 0.25) is 0 Å². The third-order valence-electron chi connectivity index (χ3n) is 5.90. The number of carbonyl (C=O) groups excluding carboxylic acids is 1. The fourth-order valence-corrected chi connectivity index (χ4v) is 4.26. The number of nitrogens with zero attached hydrogens (tertiary/aromatic N) is 2. The van der Waals surface area contributed by atoms with Crippen LogP contribution in [0.5, 0.6) is 17.2 Å². The standard InChI is InChI=1S/C24H25ClN4O5/c1-31-16-3-4-19-17(9-16)23(18(25)11-28-19)29-24(30)20-5-2-14(13-34-20)26-10-15-8-21-22(12-27-15)33-7-6-32-21/h3-4,8-9,11-12,14,20,26H,2,5-7,10,13H2,1H3,(H,28,29,30)/t14-,20+/m1/s1. The Morgan fingerprint density at radius 1 is 1.15 bits per heavy atom. The zero-order chi connectivity index (χ0) is 23.5. The molecule has 2 aromatic heterocycles. The van der Waals surface area contributed by atoms with Gasteiger partial charge in [0.1, 0.15) is 25.1 Å². The van der Waals surface area contributed by atoms with E-state index in [1.807, 2.05) is 18.2 Å². The minimum Gasteiger partial charge on any atom is -0.497 e. The Hall–Kier alpha value is -3.14. The van der Waals surface area contributed by atoms with Gasteiger partial charge in [0, 0.05) is 30.2 Å². The maximum Gasteiger partial charge on any atom is 0.253 e. The molecule has 3 aromatic rings. The molecule has 2 aliphatic heterocycles. The van der Waals surface area contributed by atoms with E-state index in [9.17, 15) is 4.79 Å². The first-order valence-electron chi connectivity index (χ1n) is 11.1. The van der Waals surface area contributed by atoms with Gasteiger partial charge in [-0.3, -0.25) is 14.8 Å². The van der Waals surface area contributed by atoms with Crippen molar-refractivity contribution in [1.82, 2.24) is 15.3 Å². The van der Waals surface area contributed by atoms with Crippen LogP contribution in [-0.2, 0) is 16.1 Å². The SMILES string of the molecule is COc1ccc2ncc(Cl)c(NC(=O)[C@@H]3CC[C@@H](NCc4cc5c(cn4)OCCO5)CO3)c2c1. The second-order valence-corrected chi connectivity index (χ2v) is 8.56. The number of rotatable bonds is 6. The summed E-state index contributed by atoms with van der Waals surface area (Å²) in [6.07, 6.45) is 4.03. The lowest BCUT2D eigenvalue weighted by Gasteiger charge is -2.29. The molecule has 2 aliphatic rings. The first-order chi connectivity index (χ1) is 16.6. The molecule has 1 fully saturated rings. The highest BCUT2D eigenvalue weighted by molar-refractivity contribution is 6.35. The normalized spacial score (nSPS) is 19.6. The number of aromatic nitrogens is 2. The fraction of sp³-hybridized carbons (Fsp3) is 0.375. The number of anilines is 1. The summed E-state index contributed by atoms with van der Waals surface area (Å²) in [6, 6.07) is 7.45. The number of hydrogen-bond donors (Lipinski definition) is 2. The quantitative estimate of drug-likeness (QED) is 0.549. The van der Waals surface area contributed by atoms with Crippen LogP contribution >= 0.6 is 11.6 Å². The van der Waals surface area contributed by atoms with E-state index < -0.39 is 6.10 Å². The summed E-state index contributed by atoms with van der Waals surface area (Å²) in [5, 5.41) is 7.44. The van der Waals surface area contributed by atoms with Gasteiger partial charge in [0.05, 0.1) is 41.8 Å². The maximum absolute atomic E-state index is 12.9. The lowest BCUT2D eigenvalue weighted by atomic mass is 10.0. The third-order valence-corrected chi connectivity index (χ3v) is 6.19. The molecule has 0 aliphatic carbocycles. The van der Waals surface area contributed by atoms with Crippen molar-refractivity contribution in [2.45, 2.75) is 31.5 Å². The van der Waals surface area contributed by atoms with Gasteiger partial charge in [0.25, 0.3) is 5.91 Å². The second kappa shape index (κ2) is 10.0. The van der Waals surface area contributed by atoms with E-state index >= 15 is 0 Å². The van der Waals surface area contributed by atoms with Gasteiger partial charge in [-0.05, 0) is 31.0 Å². The summed E-state index contributed by atoms with van der Waals surface area (Å²) in [7, 11) is 1.58. The van der Waals surface area contributed by atoms with E-state index in [0.29, 0.717) is 65.9 Å². The molecule has 1 aromatic carbocycles. The van der Waals surface area contributed by atoms with Crippen molar-refractivity contribution >= 4 is 34.1 Å². The number of hydrogen-bond acceptors (Lipinski definition) is 8. The van der Waals surface area contributed by atoms with Gasteiger partial charge in [-0.1, -0.05) is 11.6 Å². The molecule has 2 atom stereocenters. The van der Waals surface area contributed by atoms with E-state index in [1.54, 1.807) is 19.4 Å². The van der Waals surface area contributed by atoms with Gasteiger partial charge in [-0.15, -0.1) is 0 Å². The zero-order valence-corrected chi connectivity index (χ0v) is 19.4. The molecule has 178 valence electrons. The highest BCUT2D eigenvalue weighted by Gasteiger charge is 2.28. The van der Waals surface area contributed by atoms with Gasteiger partial charge in [-0.2, -0.15) is 0 Å². The first kappa shape index (κ1) is 22.6. The number of halogens is 1. The molecule has 2 N–H and O–H groups in total.